The molecular weight excluding hydrogens is 472 g/mol. The fourth-order valence-corrected chi connectivity index (χ4v) is 5.16. The van der Waals surface area contributed by atoms with Gasteiger partial charge in [-0.1, -0.05) is 55.7 Å². The summed E-state index contributed by atoms with van der Waals surface area (Å²) < 4.78 is 0. The molecule has 0 saturated heterocycles. The summed E-state index contributed by atoms with van der Waals surface area (Å²) in [5.74, 6) is 0.0456. The van der Waals surface area contributed by atoms with E-state index in [2.05, 4.69) is 28.1 Å². The highest BCUT2D eigenvalue weighted by Gasteiger charge is 2.21. The van der Waals surface area contributed by atoms with E-state index in [4.69, 9.17) is 0 Å². The summed E-state index contributed by atoms with van der Waals surface area (Å²) in [7, 11) is 1.86. The Morgan fingerprint density at radius 2 is 1.63 bits per heavy atom. The number of nitrogens with zero attached hydrogens (tertiary/aromatic N) is 4. The van der Waals surface area contributed by atoms with Crippen LogP contribution in [0, 0.1) is 0 Å². The molecule has 0 N–H and O–H groups in total. The minimum atomic E-state index is 0.00281. The second kappa shape index (κ2) is 13.9. The van der Waals surface area contributed by atoms with Gasteiger partial charge in [0.2, 0.25) is 5.91 Å². The zero-order valence-corrected chi connectivity index (χ0v) is 22.8. The largest absolute Gasteiger partial charge is 0.341 e. The van der Waals surface area contributed by atoms with Crippen LogP contribution in [0.2, 0.25) is 0 Å². The SMILES string of the molecule is CC(=O)N1CCCCCCCN(Cc2cccnc2)Cc2cc(C(=O)N(C)CCc3ccccc3)ccc21. The Kier molecular flexibility index (Phi) is 10.0. The van der Waals surface area contributed by atoms with Gasteiger partial charge in [0.25, 0.3) is 5.91 Å². The van der Waals surface area contributed by atoms with Gasteiger partial charge in [-0.25, -0.2) is 0 Å². The van der Waals surface area contributed by atoms with Crippen LogP contribution in [-0.4, -0.2) is 53.3 Å². The molecule has 1 aromatic heterocycles. The molecule has 6 heteroatoms. The van der Waals surface area contributed by atoms with Crippen LogP contribution in [0.1, 0.15) is 66.1 Å². The molecular formula is C32H40N4O2. The summed E-state index contributed by atoms with van der Waals surface area (Å²) in [6.45, 7) is 5.40. The molecule has 1 aliphatic heterocycles. The number of carbonyl (C=O) groups is 2. The van der Waals surface area contributed by atoms with Gasteiger partial charge in [-0.05, 0) is 66.8 Å². The van der Waals surface area contributed by atoms with Crippen LogP contribution in [0.3, 0.4) is 0 Å². The maximum Gasteiger partial charge on any atom is 0.253 e. The van der Waals surface area contributed by atoms with E-state index < -0.39 is 0 Å². The lowest BCUT2D eigenvalue weighted by molar-refractivity contribution is -0.116. The standard InChI is InChI=1S/C32H40N4O2/c1-26(37)36-20-10-5-3-4-9-19-35(24-28-14-11-18-33-23-28)25-30-22-29(15-16-31(30)36)32(38)34(2)21-17-27-12-7-6-8-13-27/h6-8,11-16,18,22-23H,3-5,9-10,17,19-21,24-25H2,1-2H3. The number of fused-ring (bicyclic) bond motifs is 1. The first-order chi connectivity index (χ1) is 18.5. The zero-order valence-electron chi connectivity index (χ0n) is 22.8. The van der Waals surface area contributed by atoms with Crippen LogP contribution < -0.4 is 4.90 Å². The Balaban J connectivity index is 1.61. The Morgan fingerprint density at radius 1 is 0.895 bits per heavy atom. The molecule has 1 aliphatic rings. The average Bonchev–Trinajstić information content (AvgIpc) is 2.93. The Labute approximate surface area is 227 Å². The summed E-state index contributed by atoms with van der Waals surface area (Å²) >= 11 is 0. The van der Waals surface area contributed by atoms with Gasteiger partial charge in [-0.2, -0.15) is 0 Å². The van der Waals surface area contributed by atoms with E-state index in [1.807, 2.05) is 60.6 Å². The van der Waals surface area contributed by atoms with E-state index in [1.165, 1.54) is 18.4 Å². The van der Waals surface area contributed by atoms with Gasteiger partial charge in [0.1, 0.15) is 0 Å². The molecule has 0 saturated carbocycles. The summed E-state index contributed by atoms with van der Waals surface area (Å²) in [5.41, 5.74) is 4.98. The molecule has 0 atom stereocenters. The normalized spacial score (nSPS) is 15.2. The van der Waals surface area contributed by atoms with E-state index in [-0.39, 0.29) is 11.8 Å². The molecule has 0 bridgehead atoms. The third kappa shape index (κ3) is 7.75. The molecule has 3 aromatic rings. The molecule has 2 amide bonds. The second-order valence-electron chi connectivity index (χ2n) is 10.3. The first kappa shape index (κ1) is 27.5. The highest BCUT2D eigenvalue weighted by Crippen LogP contribution is 2.27. The Hall–Kier alpha value is -3.51. The van der Waals surface area contributed by atoms with Crippen molar-refractivity contribution in [2.75, 3.05) is 31.6 Å². The molecule has 0 aliphatic carbocycles. The number of benzene rings is 2. The number of likely N-dealkylation sites (N-methyl/N-ethyl adjacent to an activating group) is 1. The number of carbonyl (C=O) groups excluding carboxylic acids is 2. The highest BCUT2D eigenvalue weighted by atomic mass is 16.2. The molecule has 0 unspecified atom stereocenters. The first-order valence-electron chi connectivity index (χ1n) is 13.8. The molecule has 0 spiro atoms. The predicted octanol–water partition coefficient (Wildman–Crippen LogP) is 5.72. The van der Waals surface area contributed by atoms with Crippen molar-refractivity contribution in [1.29, 1.82) is 0 Å². The van der Waals surface area contributed by atoms with Crippen molar-refractivity contribution >= 4 is 17.5 Å². The Bertz CT molecular complexity index is 1180. The third-order valence-corrected chi connectivity index (χ3v) is 7.30. The van der Waals surface area contributed by atoms with Crippen LogP contribution in [0.15, 0.2) is 73.1 Å². The third-order valence-electron chi connectivity index (χ3n) is 7.30. The number of pyridine rings is 1. The fraction of sp³-hybridized carbons (Fsp3) is 0.406. The molecule has 6 nitrogen and oxygen atoms in total. The topological polar surface area (TPSA) is 56.8 Å². The molecule has 0 fully saturated rings. The molecule has 2 heterocycles. The summed E-state index contributed by atoms with van der Waals surface area (Å²) in [6.07, 6.45) is 10.1. The summed E-state index contributed by atoms with van der Waals surface area (Å²) in [6, 6.07) is 20.2. The number of rotatable bonds is 6. The van der Waals surface area contributed by atoms with Crippen molar-refractivity contribution in [2.24, 2.45) is 0 Å². The van der Waals surface area contributed by atoms with Crippen LogP contribution >= 0.6 is 0 Å². The molecule has 200 valence electrons. The van der Waals surface area contributed by atoms with Gasteiger partial charge < -0.3 is 9.80 Å². The highest BCUT2D eigenvalue weighted by molar-refractivity contribution is 5.97. The van der Waals surface area contributed by atoms with E-state index in [9.17, 15) is 9.59 Å². The lowest BCUT2D eigenvalue weighted by Gasteiger charge is -2.29. The van der Waals surface area contributed by atoms with Gasteiger partial charge in [0, 0.05) is 63.8 Å². The maximum atomic E-state index is 13.4. The van der Waals surface area contributed by atoms with Crippen molar-refractivity contribution < 1.29 is 9.59 Å². The van der Waals surface area contributed by atoms with E-state index in [1.54, 1.807) is 18.0 Å². The number of aromatic nitrogens is 1. The number of hydrogen-bond donors (Lipinski definition) is 0. The monoisotopic (exact) mass is 512 g/mol. The van der Waals surface area contributed by atoms with Gasteiger partial charge in [-0.15, -0.1) is 0 Å². The van der Waals surface area contributed by atoms with Crippen LogP contribution in [0.4, 0.5) is 5.69 Å². The number of hydrogen-bond acceptors (Lipinski definition) is 4. The van der Waals surface area contributed by atoms with Crippen molar-refractivity contribution in [1.82, 2.24) is 14.8 Å². The minimum absolute atomic E-state index is 0.00281. The molecule has 38 heavy (non-hydrogen) atoms. The average molecular weight is 513 g/mol. The lowest BCUT2D eigenvalue weighted by atomic mass is 10.0. The van der Waals surface area contributed by atoms with Gasteiger partial charge in [0.05, 0.1) is 0 Å². The Morgan fingerprint density at radius 3 is 2.37 bits per heavy atom. The summed E-state index contributed by atoms with van der Waals surface area (Å²) in [5, 5.41) is 0. The first-order valence-corrected chi connectivity index (χ1v) is 13.8. The zero-order chi connectivity index (χ0) is 26.7. The van der Waals surface area contributed by atoms with Crippen molar-refractivity contribution in [3.63, 3.8) is 0 Å². The van der Waals surface area contributed by atoms with Crippen LogP contribution in [-0.2, 0) is 24.3 Å². The molecule has 0 radical (unpaired) electrons. The van der Waals surface area contributed by atoms with Gasteiger partial charge in [0.15, 0.2) is 0 Å². The maximum absolute atomic E-state index is 13.4. The van der Waals surface area contributed by atoms with E-state index >= 15 is 0 Å². The number of amides is 2. The van der Waals surface area contributed by atoms with Crippen LogP contribution in [0.25, 0.3) is 0 Å². The van der Waals surface area contributed by atoms with Gasteiger partial charge in [-0.3, -0.25) is 19.5 Å². The fourth-order valence-electron chi connectivity index (χ4n) is 5.16. The van der Waals surface area contributed by atoms with Crippen molar-refractivity contribution in [3.05, 3.63) is 95.3 Å². The van der Waals surface area contributed by atoms with Crippen LogP contribution in [0.5, 0.6) is 0 Å². The molecule has 4 rings (SSSR count). The quantitative estimate of drug-likeness (QED) is 0.424. The minimum Gasteiger partial charge on any atom is -0.341 e. The smallest absolute Gasteiger partial charge is 0.253 e. The van der Waals surface area contributed by atoms with Gasteiger partial charge >= 0.3 is 0 Å². The molecule has 2 aromatic carbocycles. The summed E-state index contributed by atoms with van der Waals surface area (Å²) in [4.78, 5) is 36.6. The predicted molar refractivity (Wildman–Crippen MR) is 153 cm³/mol. The van der Waals surface area contributed by atoms with E-state index in [0.29, 0.717) is 25.2 Å². The van der Waals surface area contributed by atoms with Crippen molar-refractivity contribution in [2.45, 2.75) is 58.5 Å². The number of anilines is 1. The van der Waals surface area contributed by atoms with Crippen molar-refractivity contribution in [3.8, 4) is 0 Å². The van der Waals surface area contributed by atoms with E-state index in [0.717, 1.165) is 55.6 Å². The lowest BCUT2D eigenvalue weighted by Crippen LogP contribution is -2.33. The second-order valence-corrected chi connectivity index (χ2v) is 10.3.